The van der Waals surface area contributed by atoms with Crippen LogP contribution in [0.3, 0.4) is 0 Å². The Kier molecular flexibility index (Phi) is 5.82. The number of carbonyl (C=O) groups is 1. The van der Waals surface area contributed by atoms with Crippen LogP contribution in [-0.4, -0.2) is 41.1 Å². The molecule has 0 unspecified atom stereocenters. The van der Waals surface area contributed by atoms with Gasteiger partial charge in [0.2, 0.25) is 0 Å². The van der Waals surface area contributed by atoms with E-state index in [9.17, 15) is 9.90 Å². The second-order valence-corrected chi connectivity index (χ2v) is 8.93. The zero-order valence-corrected chi connectivity index (χ0v) is 18.5. The Balaban J connectivity index is 1.49. The average Bonchev–Trinajstić information content (AvgIpc) is 3.16. The quantitative estimate of drug-likeness (QED) is 0.624. The summed E-state index contributed by atoms with van der Waals surface area (Å²) >= 11 is 7.36. The van der Waals surface area contributed by atoms with E-state index >= 15 is 0 Å². The Morgan fingerprint density at radius 3 is 2.57 bits per heavy atom. The highest BCUT2D eigenvalue weighted by atomic mass is 35.5. The van der Waals surface area contributed by atoms with Crippen molar-refractivity contribution in [2.45, 2.75) is 25.4 Å². The molecule has 1 aromatic heterocycles. The molecule has 1 fully saturated rings. The van der Waals surface area contributed by atoms with Crippen molar-refractivity contribution >= 4 is 28.8 Å². The van der Waals surface area contributed by atoms with Crippen LogP contribution in [0, 0.1) is 6.92 Å². The number of hydrogen-bond acceptors (Lipinski definition) is 5. The minimum atomic E-state index is -0.935. The number of halogens is 1. The van der Waals surface area contributed by atoms with Gasteiger partial charge in [0.1, 0.15) is 15.6 Å². The van der Waals surface area contributed by atoms with E-state index in [-0.39, 0.29) is 5.91 Å². The highest BCUT2D eigenvalue weighted by Gasteiger charge is 2.36. The Hall–Kier alpha value is -2.41. The molecule has 1 amide bonds. The third-order valence-corrected chi connectivity index (χ3v) is 7.01. The summed E-state index contributed by atoms with van der Waals surface area (Å²) in [6, 6.07) is 14.9. The Bertz CT molecular complexity index is 1060. The number of aliphatic hydroxyl groups is 1. The van der Waals surface area contributed by atoms with Crippen LogP contribution >= 0.6 is 22.9 Å². The Labute approximate surface area is 184 Å². The van der Waals surface area contributed by atoms with Crippen molar-refractivity contribution in [2.75, 3.05) is 20.2 Å². The molecule has 156 valence electrons. The van der Waals surface area contributed by atoms with Gasteiger partial charge in [0.05, 0.1) is 18.4 Å². The molecule has 0 spiro atoms. The van der Waals surface area contributed by atoms with Gasteiger partial charge in [0.15, 0.2) is 0 Å². The number of thiazole rings is 1. The third-order valence-electron chi connectivity index (χ3n) is 5.57. The van der Waals surface area contributed by atoms with Crippen molar-refractivity contribution < 1.29 is 14.6 Å². The zero-order chi connectivity index (χ0) is 21.3. The first-order valence-electron chi connectivity index (χ1n) is 9.79. The van der Waals surface area contributed by atoms with E-state index in [2.05, 4.69) is 4.98 Å². The standard InChI is InChI=1S/C23H23ClN2O3S/c1-15-20(30-21(25-15)16-4-3-5-19(14-16)29-2)22(27)26-12-10-23(28,11-13-26)17-6-8-18(24)9-7-17/h3-9,14,28H,10-13H2,1-2H3. The highest BCUT2D eigenvalue weighted by molar-refractivity contribution is 7.17. The predicted molar refractivity (Wildman–Crippen MR) is 119 cm³/mol. The summed E-state index contributed by atoms with van der Waals surface area (Å²) in [7, 11) is 1.63. The normalized spacial score (nSPS) is 15.8. The molecule has 2 heterocycles. The number of amides is 1. The molecule has 3 aromatic rings. The van der Waals surface area contributed by atoms with E-state index in [1.165, 1.54) is 11.3 Å². The first-order valence-corrected chi connectivity index (χ1v) is 11.0. The molecule has 2 aromatic carbocycles. The first kappa shape index (κ1) is 20.8. The van der Waals surface area contributed by atoms with Crippen molar-refractivity contribution in [2.24, 2.45) is 0 Å². The van der Waals surface area contributed by atoms with Gasteiger partial charge in [-0.2, -0.15) is 0 Å². The van der Waals surface area contributed by atoms with Crippen LogP contribution < -0.4 is 4.74 Å². The van der Waals surface area contributed by atoms with Crippen LogP contribution in [0.2, 0.25) is 5.02 Å². The number of benzene rings is 2. The molecule has 4 rings (SSSR count). The summed E-state index contributed by atoms with van der Waals surface area (Å²) in [4.78, 5) is 20.2. The molecule has 0 aliphatic carbocycles. The zero-order valence-electron chi connectivity index (χ0n) is 16.9. The number of likely N-dealkylation sites (tertiary alicyclic amines) is 1. The lowest BCUT2D eigenvalue weighted by Crippen LogP contribution is -2.45. The monoisotopic (exact) mass is 442 g/mol. The highest BCUT2D eigenvalue weighted by Crippen LogP contribution is 2.35. The molecule has 0 radical (unpaired) electrons. The van der Waals surface area contributed by atoms with Crippen molar-refractivity contribution in [1.29, 1.82) is 0 Å². The molecule has 1 aliphatic rings. The number of ether oxygens (including phenoxy) is 1. The number of carbonyl (C=O) groups excluding carboxylic acids is 1. The fourth-order valence-electron chi connectivity index (χ4n) is 3.75. The van der Waals surface area contributed by atoms with E-state index < -0.39 is 5.60 Å². The number of aromatic nitrogens is 1. The van der Waals surface area contributed by atoms with Gasteiger partial charge >= 0.3 is 0 Å². The van der Waals surface area contributed by atoms with Crippen LogP contribution in [0.15, 0.2) is 48.5 Å². The van der Waals surface area contributed by atoms with Crippen LogP contribution in [0.5, 0.6) is 5.75 Å². The topological polar surface area (TPSA) is 62.7 Å². The van der Waals surface area contributed by atoms with Crippen molar-refractivity contribution in [1.82, 2.24) is 9.88 Å². The van der Waals surface area contributed by atoms with Crippen LogP contribution in [0.25, 0.3) is 10.6 Å². The first-order chi connectivity index (χ1) is 14.4. The van der Waals surface area contributed by atoms with E-state index in [0.29, 0.717) is 35.8 Å². The second-order valence-electron chi connectivity index (χ2n) is 7.50. The molecule has 0 bridgehead atoms. The Morgan fingerprint density at radius 1 is 1.20 bits per heavy atom. The summed E-state index contributed by atoms with van der Waals surface area (Å²) in [5.74, 6) is 0.725. The van der Waals surface area contributed by atoms with Gasteiger partial charge in [-0.15, -0.1) is 11.3 Å². The van der Waals surface area contributed by atoms with Crippen molar-refractivity contribution in [3.63, 3.8) is 0 Å². The number of piperidine rings is 1. The molecule has 1 N–H and O–H groups in total. The number of hydrogen-bond donors (Lipinski definition) is 1. The van der Waals surface area contributed by atoms with E-state index in [4.69, 9.17) is 16.3 Å². The third kappa shape index (κ3) is 4.08. The van der Waals surface area contributed by atoms with Crippen LogP contribution in [0.4, 0.5) is 0 Å². The van der Waals surface area contributed by atoms with E-state index in [0.717, 1.165) is 27.6 Å². The van der Waals surface area contributed by atoms with Gasteiger partial charge in [0.25, 0.3) is 5.91 Å². The second kappa shape index (κ2) is 8.38. The molecular formula is C23H23ClN2O3S. The molecular weight excluding hydrogens is 420 g/mol. The van der Waals surface area contributed by atoms with Gasteiger partial charge in [-0.05, 0) is 49.6 Å². The molecule has 1 aliphatic heterocycles. The molecule has 5 nitrogen and oxygen atoms in total. The number of rotatable bonds is 4. The van der Waals surface area contributed by atoms with Gasteiger partial charge in [-0.25, -0.2) is 4.98 Å². The minimum absolute atomic E-state index is 0.0303. The minimum Gasteiger partial charge on any atom is -0.497 e. The molecule has 1 saturated heterocycles. The van der Waals surface area contributed by atoms with Crippen molar-refractivity contribution in [3.8, 4) is 16.3 Å². The average molecular weight is 443 g/mol. The van der Waals surface area contributed by atoms with Crippen LogP contribution in [-0.2, 0) is 5.60 Å². The largest absolute Gasteiger partial charge is 0.497 e. The molecule has 0 atom stereocenters. The molecule has 7 heteroatoms. The van der Waals surface area contributed by atoms with Crippen molar-refractivity contribution in [3.05, 3.63) is 69.7 Å². The molecule has 30 heavy (non-hydrogen) atoms. The maximum Gasteiger partial charge on any atom is 0.265 e. The van der Waals surface area contributed by atoms with Gasteiger partial charge in [-0.3, -0.25) is 4.79 Å². The maximum absolute atomic E-state index is 13.2. The van der Waals surface area contributed by atoms with E-state index in [1.54, 1.807) is 24.1 Å². The van der Waals surface area contributed by atoms with E-state index in [1.807, 2.05) is 43.3 Å². The SMILES string of the molecule is COc1cccc(-c2nc(C)c(C(=O)N3CCC(O)(c4ccc(Cl)cc4)CC3)s2)c1. The van der Waals surface area contributed by atoms with Gasteiger partial charge in [-0.1, -0.05) is 35.9 Å². The van der Waals surface area contributed by atoms with Gasteiger partial charge in [0, 0.05) is 23.7 Å². The summed E-state index contributed by atoms with van der Waals surface area (Å²) in [5.41, 5.74) is 1.56. The lowest BCUT2D eigenvalue weighted by molar-refractivity contribution is -0.0210. The maximum atomic E-state index is 13.2. The smallest absolute Gasteiger partial charge is 0.265 e. The number of nitrogens with zero attached hydrogens (tertiary/aromatic N) is 2. The lowest BCUT2D eigenvalue weighted by Gasteiger charge is -2.38. The summed E-state index contributed by atoms with van der Waals surface area (Å²) in [6.45, 7) is 2.84. The fourth-order valence-corrected chi connectivity index (χ4v) is 4.90. The van der Waals surface area contributed by atoms with Gasteiger partial charge < -0.3 is 14.7 Å². The Morgan fingerprint density at radius 2 is 1.90 bits per heavy atom. The summed E-state index contributed by atoms with van der Waals surface area (Å²) < 4.78 is 5.29. The number of aryl methyl sites for hydroxylation is 1. The molecule has 0 saturated carbocycles. The summed E-state index contributed by atoms with van der Waals surface area (Å²) in [5, 5.41) is 12.5. The predicted octanol–water partition coefficient (Wildman–Crippen LogP) is 4.90. The summed E-state index contributed by atoms with van der Waals surface area (Å²) in [6.07, 6.45) is 0.974. The fraction of sp³-hybridized carbons (Fsp3) is 0.304. The number of methoxy groups -OCH3 is 1. The van der Waals surface area contributed by atoms with Crippen LogP contribution in [0.1, 0.15) is 33.8 Å². The lowest BCUT2D eigenvalue weighted by atomic mass is 9.84.